The normalized spacial score (nSPS) is 23.8. The largest absolute Gasteiger partial charge is 0.493 e. The Morgan fingerprint density at radius 1 is 1.43 bits per heavy atom. The van der Waals surface area contributed by atoms with Gasteiger partial charge in [-0.3, -0.25) is 0 Å². The van der Waals surface area contributed by atoms with Gasteiger partial charge in [0.1, 0.15) is 6.61 Å². The predicted octanol–water partition coefficient (Wildman–Crippen LogP) is 2.54. The van der Waals surface area contributed by atoms with Gasteiger partial charge in [-0.05, 0) is 18.2 Å². The summed E-state index contributed by atoms with van der Waals surface area (Å²) < 4.78 is 16.4. The van der Waals surface area contributed by atoms with E-state index in [9.17, 15) is 0 Å². The van der Waals surface area contributed by atoms with Gasteiger partial charge < -0.3 is 19.0 Å². The van der Waals surface area contributed by atoms with Gasteiger partial charge in [0.25, 0.3) is 0 Å². The fourth-order valence-corrected chi connectivity index (χ4v) is 2.59. The van der Waals surface area contributed by atoms with Crippen molar-refractivity contribution >= 4 is 5.71 Å². The number of oxime groups is 1. The maximum Gasteiger partial charge on any atom is 0.168 e. The van der Waals surface area contributed by atoms with E-state index >= 15 is 0 Å². The molecule has 21 heavy (non-hydrogen) atoms. The van der Waals surface area contributed by atoms with Gasteiger partial charge in [-0.25, -0.2) is 0 Å². The van der Waals surface area contributed by atoms with E-state index in [1.54, 1.807) is 13.2 Å². The molecule has 0 amide bonds. The van der Waals surface area contributed by atoms with Crippen LogP contribution in [0.15, 0.2) is 36.0 Å². The first-order chi connectivity index (χ1) is 10.3. The molecule has 0 bridgehead atoms. The van der Waals surface area contributed by atoms with Crippen LogP contribution in [-0.4, -0.2) is 38.2 Å². The second-order valence-electron chi connectivity index (χ2n) is 5.26. The first-order valence-corrected chi connectivity index (χ1v) is 7.01. The number of ether oxygens (including phenoxy) is 3. The third-order valence-corrected chi connectivity index (χ3v) is 3.76. The van der Waals surface area contributed by atoms with E-state index in [2.05, 4.69) is 11.7 Å². The summed E-state index contributed by atoms with van der Waals surface area (Å²) in [5, 5.41) is 4.24. The summed E-state index contributed by atoms with van der Waals surface area (Å²) in [6, 6.07) is 5.78. The van der Waals surface area contributed by atoms with Gasteiger partial charge in [0.05, 0.1) is 26.0 Å². The lowest BCUT2D eigenvalue weighted by Gasteiger charge is -2.17. The highest BCUT2D eigenvalue weighted by atomic mass is 16.7. The molecule has 1 atom stereocenters. The SMILES string of the molecule is C=CCOc1cc(C2=NOC3(CCOC3)C2)ccc1OC. The number of hydrogen-bond acceptors (Lipinski definition) is 5. The van der Waals surface area contributed by atoms with Crippen molar-refractivity contribution in [3.63, 3.8) is 0 Å². The second kappa shape index (κ2) is 5.77. The molecule has 0 aromatic heterocycles. The van der Waals surface area contributed by atoms with Gasteiger partial charge >= 0.3 is 0 Å². The van der Waals surface area contributed by atoms with E-state index in [0.717, 1.165) is 30.7 Å². The van der Waals surface area contributed by atoms with E-state index < -0.39 is 0 Å². The van der Waals surface area contributed by atoms with E-state index in [4.69, 9.17) is 19.0 Å². The molecule has 3 rings (SSSR count). The standard InChI is InChI=1S/C16H19NO4/c1-3-7-20-15-9-12(4-5-14(15)18-2)13-10-16(21-17-13)6-8-19-11-16/h3-5,9H,1,6-8,10-11H2,2H3. The van der Waals surface area contributed by atoms with Crippen LogP contribution in [0.25, 0.3) is 0 Å². The van der Waals surface area contributed by atoms with Gasteiger partial charge in [0.2, 0.25) is 0 Å². The zero-order chi connectivity index (χ0) is 14.7. The smallest absolute Gasteiger partial charge is 0.168 e. The zero-order valence-electron chi connectivity index (χ0n) is 12.1. The Labute approximate surface area is 124 Å². The van der Waals surface area contributed by atoms with E-state index in [1.165, 1.54) is 0 Å². The minimum absolute atomic E-state index is 0.266. The third-order valence-electron chi connectivity index (χ3n) is 3.76. The Bertz CT molecular complexity index is 561. The van der Waals surface area contributed by atoms with Crippen LogP contribution in [0.5, 0.6) is 11.5 Å². The average Bonchev–Trinajstić information content (AvgIpc) is 3.15. The predicted molar refractivity (Wildman–Crippen MR) is 79.1 cm³/mol. The van der Waals surface area contributed by atoms with E-state index in [-0.39, 0.29) is 5.60 Å². The summed E-state index contributed by atoms with van der Waals surface area (Å²) in [7, 11) is 1.62. The molecule has 2 aliphatic heterocycles. The van der Waals surface area contributed by atoms with Crippen LogP contribution < -0.4 is 9.47 Å². The summed E-state index contributed by atoms with van der Waals surface area (Å²) in [6.07, 6.45) is 3.35. The van der Waals surface area contributed by atoms with Crippen LogP contribution in [0.1, 0.15) is 18.4 Å². The van der Waals surface area contributed by atoms with Crippen molar-refractivity contribution in [1.29, 1.82) is 0 Å². The summed E-state index contributed by atoms with van der Waals surface area (Å²) in [5.41, 5.74) is 1.64. The van der Waals surface area contributed by atoms with Crippen LogP contribution in [0.4, 0.5) is 0 Å². The highest BCUT2D eigenvalue weighted by Gasteiger charge is 2.43. The Kier molecular flexibility index (Phi) is 3.84. The van der Waals surface area contributed by atoms with Crippen LogP contribution in [0.2, 0.25) is 0 Å². The summed E-state index contributed by atoms with van der Waals surface area (Å²) in [6.45, 7) is 5.43. The van der Waals surface area contributed by atoms with E-state index in [0.29, 0.717) is 24.7 Å². The number of methoxy groups -OCH3 is 1. The zero-order valence-corrected chi connectivity index (χ0v) is 12.1. The first kappa shape index (κ1) is 13.9. The van der Waals surface area contributed by atoms with Crippen molar-refractivity contribution < 1.29 is 19.0 Å². The average molecular weight is 289 g/mol. The molecule has 1 aromatic carbocycles. The minimum Gasteiger partial charge on any atom is -0.493 e. The molecular formula is C16H19NO4. The molecule has 5 heteroatoms. The number of rotatable bonds is 5. The molecule has 0 radical (unpaired) electrons. The molecule has 112 valence electrons. The summed E-state index contributed by atoms with van der Waals surface area (Å²) in [4.78, 5) is 5.62. The number of benzene rings is 1. The molecule has 1 aromatic rings. The van der Waals surface area contributed by atoms with Crippen molar-refractivity contribution in [2.75, 3.05) is 26.9 Å². The lowest BCUT2D eigenvalue weighted by molar-refractivity contribution is -0.0237. The fraction of sp³-hybridized carbons (Fsp3) is 0.438. The maximum absolute atomic E-state index is 5.63. The quantitative estimate of drug-likeness (QED) is 0.782. The Morgan fingerprint density at radius 3 is 3.05 bits per heavy atom. The topological polar surface area (TPSA) is 49.3 Å². The van der Waals surface area contributed by atoms with Crippen LogP contribution >= 0.6 is 0 Å². The van der Waals surface area contributed by atoms with E-state index in [1.807, 2.05) is 18.2 Å². The molecule has 2 aliphatic rings. The van der Waals surface area contributed by atoms with Crippen molar-refractivity contribution in [2.45, 2.75) is 18.4 Å². The molecule has 2 heterocycles. The minimum atomic E-state index is -0.266. The van der Waals surface area contributed by atoms with Gasteiger partial charge in [-0.15, -0.1) is 0 Å². The molecule has 0 N–H and O–H groups in total. The highest BCUT2D eigenvalue weighted by molar-refractivity contribution is 6.02. The monoisotopic (exact) mass is 289 g/mol. The summed E-state index contributed by atoms with van der Waals surface area (Å²) >= 11 is 0. The fourth-order valence-electron chi connectivity index (χ4n) is 2.59. The third kappa shape index (κ3) is 2.74. The maximum atomic E-state index is 5.63. The molecule has 0 aliphatic carbocycles. The first-order valence-electron chi connectivity index (χ1n) is 7.01. The van der Waals surface area contributed by atoms with Crippen molar-refractivity contribution in [3.8, 4) is 11.5 Å². The van der Waals surface area contributed by atoms with Crippen molar-refractivity contribution in [2.24, 2.45) is 5.16 Å². The Hall–Kier alpha value is -2.01. The Morgan fingerprint density at radius 2 is 2.33 bits per heavy atom. The lowest BCUT2D eigenvalue weighted by atomic mass is 9.93. The van der Waals surface area contributed by atoms with Gasteiger partial charge in [0, 0.05) is 18.4 Å². The van der Waals surface area contributed by atoms with Gasteiger partial charge in [-0.1, -0.05) is 17.8 Å². The second-order valence-corrected chi connectivity index (χ2v) is 5.26. The number of nitrogens with zero attached hydrogens (tertiary/aromatic N) is 1. The summed E-state index contributed by atoms with van der Waals surface area (Å²) in [5.74, 6) is 1.38. The van der Waals surface area contributed by atoms with Crippen LogP contribution in [-0.2, 0) is 9.57 Å². The number of hydrogen-bond donors (Lipinski definition) is 0. The molecular weight excluding hydrogens is 270 g/mol. The van der Waals surface area contributed by atoms with Crippen molar-refractivity contribution in [1.82, 2.24) is 0 Å². The molecule has 0 saturated carbocycles. The Balaban J connectivity index is 1.81. The van der Waals surface area contributed by atoms with Crippen LogP contribution in [0.3, 0.4) is 0 Å². The van der Waals surface area contributed by atoms with Gasteiger partial charge in [0.15, 0.2) is 17.1 Å². The van der Waals surface area contributed by atoms with Gasteiger partial charge in [-0.2, -0.15) is 0 Å². The molecule has 1 fully saturated rings. The van der Waals surface area contributed by atoms with Crippen LogP contribution in [0, 0.1) is 0 Å². The molecule has 1 spiro atoms. The molecule has 1 saturated heterocycles. The lowest BCUT2D eigenvalue weighted by Crippen LogP contribution is -2.29. The van der Waals surface area contributed by atoms with Crippen molar-refractivity contribution in [3.05, 3.63) is 36.4 Å². The molecule has 5 nitrogen and oxygen atoms in total. The highest BCUT2D eigenvalue weighted by Crippen LogP contribution is 2.36. The molecule has 1 unspecified atom stereocenters.